The molecule has 0 atom stereocenters. The predicted molar refractivity (Wildman–Crippen MR) is 69.5 cm³/mol. The molecule has 0 spiro atoms. The Hall–Kier alpha value is -1.93. The first kappa shape index (κ1) is 13.5. The van der Waals surface area contributed by atoms with E-state index in [4.69, 9.17) is 10.00 Å². The second-order valence-corrected chi connectivity index (χ2v) is 4.73. The lowest BCUT2D eigenvalue weighted by atomic mass is 10.1. The predicted octanol–water partition coefficient (Wildman–Crippen LogP) is 4.18. The largest absolute Gasteiger partial charge is 0.489 e. The summed E-state index contributed by atoms with van der Waals surface area (Å²) in [6.45, 7) is -0.0343. The van der Waals surface area contributed by atoms with Crippen LogP contribution < -0.4 is 4.74 Å². The zero-order valence-corrected chi connectivity index (χ0v) is 11.2. The fraction of sp³-hybridized carbons (Fsp3) is 0.0714. The first-order chi connectivity index (χ1) is 9.08. The van der Waals surface area contributed by atoms with Gasteiger partial charge in [-0.15, -0.1) is 0 Å². The minimum Gasteiger partial charge on any atom is -0.489 e. The lowest BCUT2D eigenvalue weighted by Gasteiger charge is -2.08. The third-order valence-electron chi connectivity index (χ3n) is 2.41. The Balaban J connectivity index is 2.12. The average Bonchev–Trinajstić information content (AvgIpc) is 2.36. The van der Waals surface area contributed by atoms with Gasteiger partial charge >= 0.3 is 0 Å². The van der Waals surface area contributed by atoms with Gasteiger partial charge in [-0.25, -0.2) is 8.78 Å². The number of hydrogen-bond donors (Lipinski definition) is 0. The van der Waals surface area contributed by atoms with Gasteiger partial charge in [0.25, 0.3) is 0 Å². The van der Waals surface area contributed by atoms with Crippen molar-refractivity contribution in [3.05, 3.63) is 63.6 Å². The van der Waals surface area contributed by atoms with E-state index in [0.29, 0.717) is 15.8 Å². The highest BCUT2D eigenvalue weighted by Gasteiger charge is 2.06. The monoisotopic (exact) mass is 323 g/mol. The van der Waals surface area contributed by atoms with Crippen molar-refractivity contribution in [1.29, 1.82) is 5.26 Å². The number of rotatable bonds is 3. The van der Waals surface area contributed by atoms with Gasteiger partial charge in [-0.1, -0.05) is 22.0 Å². The Morgan fingerprint density at radius 1 is 1.16 bits per heavy atom. The summed E-state index contributed by atoms with van der Waals surface area (Å²) < 4.78 is 32.6. The van der Waals surface area contributed by atoms with Crippen molar-refractivity contribution in [2.75, 3.05) is 0 Å². The lowest BCUT2D eigenvalue weighted by Crippen LogP contribution is -1.99. The Kier molecular flexibility index (Phi) is 4.13. The van der Waals surface area contributed by atoms with Gasteiger partial charge in [-0.3, -0.25) is 0 Å². The Labute approximate surface area is 117 Å². The van der Waals surface area contributed by atoms with Gasteiger partial charge in [0, 0.05) is 16.1 Å². The summed E-state index contributed by atoms with van der Waals surface area (Å²) in [6.07, 6.45) is 0. The van der Waals surface area contributed by atoms with Crippen molar-refractivity contribution in [2.24, 2.45) is 0 Å². The smallest absolute Gasteiger partial charge is 0.131 e. The first-order valence-electron chi connectivity index (χ1n) is 5.36. The van der Waals surface area contributed by atoms with Gasteiger partial charge in [0.15, 0.2) is 0 Å². The van der Waals surface area contributed by atoms with E-state index in [1.54, 1.807) is 6.07 Å². The van der Waals surface area contributed by atoms with E-state index in [1.165, 1.54) is 24.3 Å². The summed E-state index contributed by atoms with van der Waals surface area (Å²) in [7, 11) is 0. The molecule has 0 aliphatic heterocycles. The van der Waals surface area contributed by atoms with Crippen LogP contribution in [0.3, 0.4) is 0 Å². The summed E-state index contributed by atoms with van der Waals surface area (Å²) in [4.78, 5) is 0. The summed E-state index contributed by atoms with van der Waals surface area (Å²) in [5.74, 6) is -0.658. The third-order valence-corrected chi connectivity index (χ3v) is 2.87. The molecule has 2 aromatic carbocycles. The van der Waals surface area contributed by atoms with Crippen molar-refractivity contribution < 1.29 is 13.5 Å². The van der Waals surface area contributed by atoms with Crippen LogP contribution in [0.25, 0.3) is 0 Å². The number of halogens is 3. The van der Waals surface area contributed by atoms with Crippen molar-refractivity contribution >= 4 is 15.9 Å². The van der Waals surface area contributed by atoms with Gasteiger partial charge in [0.2, 0.25) is 0 Å². The van der Waals surface area contributed by atoms with Crippen LogP contribution in [-0.2, 0) is 6.61 Å². The Morgan fingerprint density at radius 3 is 2.58 bits per heavy atom. The lowest BCUT2D eigenvalue weighted by molar-refractivity contribution is 0.298. The molecule has 0 fully saturated rings. The summed E-state index contributed by atoms with van der Waals surface area (Å²) in [5.41, 5.74) is 0.550. The maximum atomic E-state index is 13.6. The molecular weight excluding hydrogens is 316 g/mol. The summed E-state index contributed by atoms with van der Waals surface area (Å²) >= 11 is 3.14. The molecule has 19 heavy (non-hydrogen) atoms. The van der Waals surface area contributed by atoms with Crippen molar-refractivity contribution in [2.45, 2.75) is 6.61 Å². The van der Waals surface area contributed by atoms with E-state index in [0.717, 1.165) is 6.07 Å². The van der Waals surface area contributed by atoms with Crippen LogP contribution in [0.15, 0.2) is 40.9 Å². The Bertz CT molecular complexity index is 632. The SMILES string of the molecule is N#Cc1ccc(COc2cc(F)cc(Br)c2)c(F)c1. The van der Waals surface area contributed by atoms with Crippen LogP contribution in [0.1, 0.15) is 11.1 Å². The summed E-state index contributed by atoms with van der Waals surface area (Å²) in [6, 6.07) is 10.1. The number of nitriles is 1. The van der Waals surface area contributed by atoms with Crippen LogP contribution in [0.4, 0.5) is 8.78 Å². The molecule has 0 radical (unpaired) electrons. The molecule has 0 amide bonds. The van der Waals surface area contributed by atoms with E-state index < -0.39 is 11.6 Å². The number of ether oxygens (including phenoxy) is 1. The van der Waals surface area contributed by atoms with Crippen LogP contribution in [0.5, 0.6) is 5.75 Å². The molecule has 0 aromatic heterocycles. The van der Waals surface area contributed by atoms with Crippen molar-refractivity contribution in [1.82, 2.24) is 0 Å². The van der Waals surface area contributed by atoms with E-state index in [1.807, 2.05) is 6.07 Å². The average molecular weight is 324 g/mol. The van der Waals surface area contributed by atoms with E-state index in [2.05, 4.69) is 15.9 Å². The van der Waals surface area contributed by atoms with Gasteiger partial charge < -0.3 is 4.74 Å². The molecule has 2 nitrogen and oxygen atoms in total. The molecule has 0 aliphatic carbocycles. The fourth-order valence-corrected chi connectivity index (χ4v) is 1.95. The maximum Gasteiger partial charge on any atom is 0.131 e. The highest BCUT2D eigenvalue weighted by atomic mass is 79.9. The van der Waals surface area contributed by atoms with Crippen molar-refractivity contribution in [3.8, 4) is 11.8 Å². The normalized spacial score (nSPS) is 10.0. The molecule has 0 saturated heterocycles. The van der Waals surface area contributed by atoms with E-state index >= 15 is 0 Å². The van der Waals surface area contributed by atoms with Crippen LogP contribution >= 0.6 is 15.9 Å². The molecule has 0 aliphatic rings. The third kappa shape index (κ3) is 3.52. The number of benzene rings is 2. The fourth-order valence-electron chi connectivity index (χ4n) is 1.51. The molecule has 2 rings (SSSR count). The number of nitrogens with zero attached hydrogens (tertiary/aromatic N) is 1. The van der Waals surface area contributed by atoms with Crippen LogP contribution in [-0.4, -0.2) is 0 Å². The summed E-state index contributed by atoms with van der Waals surface area (Å²) in [5, 5.41) is 8.63. The molecule has 0 N–H and O–H groups in total. The first-order valence-corrected chi connectivity index (χ1v) is 6.15. The molecule has 0 unspecified atom stereocenters. The molecule has 5 heteroatoms. The molecule has 96 valence electrons. The topological polar surface area (TPSA) is 33.0 Å². The molecule has 0 bridgehead atoms. The zero-order chi connectivity index (χ0) is 13.8. The minimum atomic E-state index is -0.519. The quantitative estimate of drug-likeness (QED) is 0.849. The Morgan fingerprint density at radius 2 is 1.95 bits per heavy atom. The van der Waals surface area contributed by atoms with E-state index in [9.17, 15) is 8.78 Å². The van der Waals surface area contributed by atoms with Gasteiger partial charge in [-0.05, 0) is 24.3 Å². The van der Waals surface area contributed by atoms with Gasteiger partial charge in [-0.2, -0.15) is 5.26 Å². The highest BCUT2D eigenvalue weighted by Crippen LogP contribution is 2.22. The highest BCUT2D eigenvalue weighted by molar-refractivity contribution is 9.10. The maximum absolute atomic E-state index is 13.6. The number of hydrogen-bond acceptors (Lipinski definition) is 2. The van der Waals surface area contributed by atoms with E-state index in [-0.39, 0.29) is 12.2 Å². The molecule has 2 aromatic rings. The molecule has 0 heterocycles. The second kappa shape index (κ2) is 5.81. The molecular formula is C14H8BrF2NO. The minimum absolute atomic E-state index is 0.0343. The van der Waals surface area contributed by atoms with Crippen LogP contribution in [0.2, 0.25) is 0 Å². The zero-order valence-electron chi connectivity index (χ0n) is 9.66. The van der Waals surface area contributed by atoms with Crippen LogP contribution in [0, 0.1) is 23.0 Å². The second-order valence-electron chi connectivity index (χ2n) is 3.81. The standard InChI is InChI=1S/C14H8BrF2NO/c15-11-4-12(16)6-13(5-11)19-8-10-2-1-9(7-18)3-14(10)17/h1-6H,8H2. The molecule has 0 saturated carbocycles. The van der Waals surface area contributed by atoms with Gasteiger partial charge in [0.05, 0.1) is 11.6 Å². The van der Waals surface area contributed by atoms with Crippen molar-refractivity contribution in [3.63, 3.8) is 0 Å². The van der Waals surface area contributed by atoms with Gasteiger partial charge in [0.1, 0.15) is 24.0 Å².